The molecule has 1 saturated heterocycles. The lowest BCUT2D eigenvalue weighted by Gasteiger charge is -2.49. The van der Waals surface area contributed by atoms with E-state index in [0.717, 1.165) is 11.1 Å². The Morgan fingerprint density at radius 3 is 2.25 bits per heavy atom. The number of esters is 1. The number of ether oxygens (including phenoxy) is 4. The van der Waals surface area contributed by atoms with Crippen molar-refractivity contribution in [3.05, 3.63) is 47.3 Å². The average molecular weight is 623 g/mol. The molecule has 0 aliphatic carbocycles. The largest absolute Gasteiger partial charge is 0.490 e. The molecule has 252 valence electrons. The number of aliphatic hydroxyl groups excluding tert-OH is 3. The van der Waals surface area contributed by atoms with Gasteiger partial charge in [0.1, 0.15) is 12.2 Å². The van der Waals surface area contributed by atoms with E-state index < -0.39 is 60.2 Å². The summed E-state index contributed by atoms with van der Waals surface area (Å²) < 4.78 is 23.4. The van der Waals surface area contributed by atoms with Crippen LogP contribution in [0.1, 0.15) is 75.2 Å². The lowest BCUT2D eigenvalue weighted by molar-refractivity contribution is -0.328. The first-order valence-corrected chi connectivity index (χ1v) is 15.9. The highest BCUT2D eigenvalue weighted by atomic mass is 16.6. The van der Waals surface area contributed by atoms with Crippen molar-refractivity contribution in [3.63, 3.8) is 0 Å². The number of allylic oxidation sites excluding steroid dienone is 5. The number of aliphatic hydroxyl groups is 4. The molecule has 0 aromatic carbocycles. The molecule has 0 aromatic heterocycles. The van der Waals surface area contributed by atoms with Crippen LogP contribution in [-0.4, -0.2) is 83.0 Å². The van der Waals surface area contributed by atoms with Crippen LogP contribution in [0.4, 0.5) is 0 Å². The van der Waals surface area contributed by atoms with E-state index in [4.69, 9.17) is 18.9 Å². The summed E-state index contributed by atoms with van der Waals surface area (Å²) in [5.74, 6) is -4.49. The van der Waals surface area contributed by atoms with Crippen LogP contribution in [0.2, 0.25) is 0 Å². The predicted molar refractivity (Wildman–Crippen MR) is 170 cm³/mol. The van der Waals surface area contributed by atoms with E-state index in [1.54, 1.807) is 26.0 Å². The van der Waals surface area contributed by atoms with Crippen molar-refractivity contribution < 1.29 is 44.2 Å². The molecule has 0 spiro atoms. The number of cyclic esters (lactones) is 1. The van der Waals surface area contributed by atoms with E-state index in [-0.39, 0.29) is 35.9 Å². The van der Waals surface area contributed by atoms with Gasteiger partial charge >= 0.3 is 5.97 Å². The number of carbonyl (C=O) groups excluding carboxylic acids is 1. The Morgan fingerprint density at radius 2 is 1.68 bits per heavy atom. The standard InChI is InChI=1S/C35H58O9/c1-19(2)32-24(7)27(36)18-35(40,44-32)26(9)31(38)25(8)33-28(41-10)14-12-13-20(3)15-22(5)30(37)23(6)16-21(4)17-29(42-11)34(39)43-33/h12-14,16-17,19,22-28,30-33,36-38,40H,15,18H2,1-11H3/b14-12-,20-13+,21-16+,29-17-/t22-,23+,24-,25-,26-,27+,28-,30-,31+,32+,33-,35+/m0/s1. The molecule has 2 heterocycles. The lowest BCUT2D eigenvalue weighted by atomic mass is 9.76. The molecule has 0 radical (unpaired) electrons. The highest BCUT2D eigenvalue weighted by molar-refractivity contribution is 5.87. The molecule has 0 amide bonds. The van der Waals surface area contributed by atoms with Gasteiger partial charge in [-0.2, -0.15) is 0 Å². The maximum Gasteiger partial charge on any atom is 0.373 e. The van der Waals surface area contributed by atoms with Crippen LogP contribution in [0, 0.1) is 35.5 Å². The first kappa shape index (κ1) is 38.2. The summed E-state index contributed by atoms with van der Waals surface area (Å²) in [5.41, 5.74) is 1.78. The second-order valence-corrected chi connectivity index (χ2v) is 13.6. The van der Waals surface area contributed by atoms with Crippen molar-refractivity contribution in [1.82, 2.24) is 0 Å². The summed E-state index contributed by atoms with van der Waals surface area (Å²) >= 11 is 0. The van der Waals surface area contributed by atoms with Crippen molar-refractivity contribution in [1.29, 1.82) is 0 Å². The maximum absolute atomic E-state index is 13.5. The molecule has 9 nitrogen and oxygen atoms in total. The molecule has 2 rings (SSSR count). The normalized spacial score (nSPS) is 41.2. The van der Waals surface area contributed by atoms with Crippen molar-refractivity contribution in [3.8, 4) is 0 Å². The van der Waals surface area contributed by atoms with Gasteiger partial charge in [0.15, 0.2) is 5.79 Å². The van der Waals surface area contributed by atoms with Gasteiger partial charge in [0.05, 0.1) is 31.5 Å². The van der Waals surface area contributed by atoms with Crippen LogP contribution < -0.4 is 0 Å². The zero-order valence-corrected chi connectivity index (χ0v) is 28.6. The fraction of sp³-hybridized carbons (Fsp3) is 0.743. The SMILES string of the molecule is CO/C1=C\C(C)=C\[C@@H](C)[C@@H](O)[C@@H](C)C/C(C)=C/C=C\[C@H](OC)[C@H]([C@@H](C)[C@@H](O)[C@H](C)[C@@]2(O)C[C@@H](O)[C@H](C)[C@@H](C(C)C)O2)OC1=O. The Morgan fingerprint density at radius 1 is 1.05 bits per heavy atom. The second-order valence-electron chi connectivity index (χ2n) is 13.6. The molecule has 0 aromatic rings. The van der Waals surface area contributed by atoms with Crippen molar-refractivity contribution in [2.24, 2.45) is 35.5 Å². The van der Waals surface area contributed by atoms with Crippen molar-refractivity contribution >= 4 is 5.97 Å². The molecule has 2 aliphatic rings. The Kier molecular flexibility index (Phi) is 14.3. The Bertz CT molecular complexity index is 1060. The van der Waals surface area contributed by atoms with Crippen LogP contribution in [-0.2, 0) is 23.7 Å². The average Bonchev–Trinajstić information content (AvgIpc) is 2.96. The maximum atomic E-state index is 13.5. The smallest absolute Gasteiger partial charge is 0.373 e. The van der Waals surface area contributed by atoms with Crippen LogP contribution in [0.5, 0.6) is 0 Å². The quantitative estimate of drug-likeness (QED) is 0.298. The molecule has 0 saturated carbocycles. The van der Waals surface area contributed by atoms with Crippen LogP contribution in [0.3, 0.4) is 0 Å². The van der Waals surface area contributed by atoms with Gasteiger partial charge < -0.3 is 39.4 Å². The fourth-order valence-electron chi connectivity index (χ4n) is 6.54. The van der Waals surface area contributed by atoms with Crippen molar-refractivity contribution in [2.45, 2.75) is 118 Å². The van der Waals surface area contributed by atoms with Gasteiger partial charge in [-0.15, -0.1) is 0 Å². The molecule has 44 heavy (non-hydrogen) atoms. The van der Waals surface area contributed by atoms with E-state index in [2.05, 4.69) is 0 Å². The number of methoxy groups -OCH3 is 2. The Balaban J connectivity index is 2.52. The minimum absolute atomic E-state index is 0.00492. The second kappa shape index (κ2) is 16.5. The molecular weight excluding hydrogens is 564 g/mol. The van der Waals surface area contributed by atoms with Gasteiger partial charge in [-0.25, -0.2) is 4.79 Å². The Labute approximate surface area is 264 Å². The van der Waals surface area contributed by atoms with Crippen LogP contribution >= 0.6 is 0 Å². The highest BCUT2D eigenvalue weighted by Crippen LogP contribution is 2.41. The lowest BCUT2D eigenvalue weighted by Crippen LogP contribution is -2.59. The van der Waals surface area contributed by atoms with Gasteiger partial charge in [-0.1, -0.05) is 83.9 Å². The zero-order chi connectivity index (χ0) is 33.5. The number of rotatable bonds is 7. The monoisotopic (exact) mass is 622 g/mol. The summed E-state index contributed by atoms with van der Waals surface area (Å²) in [6.45, 7) is 17.0. The number of carbonyl (C=O) groups is 1. The van der Waals surface area contributed by atoms with E-state index in [1.807, 2.05) is 66.7 Å². The number of hydrogen-bond donors (Lipinski definition) is 4. The molecule has 0 bridgehead atoms. The third kappa shape index (κ3) is 9.50. The van der Waals surface area contributed by atoms with Gasteiger partial charge in [0.2, 0.25) is 5.76 Å². The van der Waals surface area contributed by atoms with Gasteiger partial charge in [-0.3, -0.25) is 0 Å². The topological polar surface area (TPSA) is 135 Å². The molecule has 2 aliphatic heterocycles. The predicted octanol–water partition coefficient (Wildman–Crippen LogP) is 4.69. The number of hydrogen-bond acceptors (Lipinski definition) is 9. The van der Waals surface area contributed by atoms with Gasteiger partial charge in [-0.05, 0) is 38.2 Å². The van der Waals surface area contributed by atoms with Crippen molar-refractivity contribution in [2.75, 3.05) is 14.2 Å². The Hall–Kier alpha value is -2.01. The minimum atomic E-state index is -1.80. The molecule has 4 N–H and O–H groups in total. The van der Waals surface area contributed by atoms with Crippen LogP contribution in [0.15, 0.2) is 47.3 Å². The van der Waals surface area contributed by atoms with E-state index >= 15 is 0 Å². The van der Waals surface area contributed by atoms with Gasteiger partial charge in [0, 0.05) is 37.2 Å². The first-order valence-electron chi connectivity index (χ1n) is 15.9. The fourth-order valence-corrected chi connectivity index (χ4v) is 6.54. The summed E-state index contributed by atoms with van der Waals surface area (Å²) in [7, 11) is 2.87. The third-order valence-corrected chi connectivity index (χ3v) is 9.50. The molecule has 1 fully saturated rings. The summed E-state index contributed by atoms with van der Waals surface area (Å²) in [4.78, 5) is 13.5. The van der Waals surface area contributed by atoms with E-state index in [1.165, 1.54) is 14.2 Å². The summed E-state index contributed by atoms with van der Waals surface area (Å²) in [5, 5.41) is 45.0. The first-order chi connectivity index (χ1) is 20.5. The van der Waals surface area contributed by atoms with E-state index in [0.29, 0.717) is 6.42 Å². The van der Waals surface area contributed by atoms with E-state index in [9.17, 15) is 25.2 Å². The van der Waals surface area contributed by atoms with Crippen LogP contribution in [0.25, 0.3) is 0 Å². The minimum Gasteiger partial charge on any atom is -0.490 e. The molecule has 0 unspecified atom stereocenters. The summed E-state index contributed by atoms with van der Waals surface area (Å²) in [6, 6.07) is 0. The third-order valence-electron chi connectivity index (χ3n) is 9.50. The molecule has 12 atom stereocenters. The van der Waals surface area contributed by atoms with Gasteiger partial charge in [0.25, 0.3) is 0 Å². The zero-order valence-electron chi connectivity index (χ0n) is 28.6. The summed E-state index contributed by atoms with van der Waals surface area (Å²) in [6.07, 6.45) is 4.85. The molecular formula is C35H58O9. The molecule has 9 heteroatoms. The highest BCUT2D eigenvalue weighted by Gasteiger charge is 2.51.